The Balaban J connectivity index is 1.66. The van der Waals surface area contributed by atoms with Crippen LogP contribution >= 0.6 is 0 Å². The van der Waals surface area contributed by atoms with E-state index >= 15 is 4.39 Å². The first-order valence-electron chi connectivity index (χ1n) is 13.3. The topological polar surface area (TPSA) is 97.4 Å². The zero-order valence-electron chi connectivity index (χ0n) is 23.9. The molecule has 44 heavy (non-hydrogen) atoms. The molecule has 2 heterocycles. The fraction of sp³-hybridized carbons (Fsp3) is 0.125. The molecule has 224 valence electrons. The third-order valence-electron chi connectivity index (χ3n) is 7.51. The molecule has 0 radical (unpaired) electrons. The molecule has 1 amide bonds. The molecule has 0 aliphatic rings. The number of anilines is 1. The van der Waals surface area contributed by atoms with Gasteiger partial charge in [-0.2, -0.15) is 0 Å². The van der Waals surface area contributed by atoms with Crippen LogP contribution in [-0.2, 0) is 10.0 Å². The number of imidazole rings is 1. The van der Waals surface area contributed by atoms with Crippen LogP contribution in [0.1, 0.15) is 15.9 Å². The van der Waals surface area contributed by atoms with Crippen LogP contribution < -0.4 is 9.62 Å². The second-order valence-electron chi connectivity index (χ2n) is 10.4. The molecule has 0 aliphatic carbocycles. The molecule has 0 aliphatic heterocycles. The smallest absolute Gasteiger partial charge is 0.255 e. The van der Waals surface area contributed by atoms with E-state index in [4.69, 9.17) is 4.42 Å². The summed E-state index contributed by atoms with van der Waals surface area (Å²) in [6, 6.07) is 16.4. The van der Waals surface area contributed by atoms with Gasteiger partial charge in [-0.25, -0.2) is 26.6 Å². The summed E-state index contributed by atoms with van der Waals surface area (Å²) in [7, 11) is -0.981. The average molecular weight is 619 g/mol. The number of halogens is 3. The Morgan fingerprint density at radius 1 is 0.932 bits per heavy atom. The molecule has 0 saturated carbocycles. The third kappa shape index (κ3) is 4.86. The van der Waals surface area contributed by atoms with Crippen LogP contribution in [0.2, 0.25) is 0 Å². The molecule has 2 aromatic heterocycles. The highest BCUT2D eigenvalue weighted by molar-refractivity contribution is 7.92. The van der Waals surface area contributed by atoms with Crippen molar-refractivity contribution >= 4 is 43.6 Å². The van der Waals surface area contributed by atoms with Gasteiger partial charge in [-0.05, 0) is 42.8 Å². The first-order chi connectivity index (χ1) is 20.9. The summed E-state index contributed by atoms with van der Waals surface area (Å²) in [5.74, 6) is -3.01. The predicted octanol–water partition coefficient (Wildman–Crippen LogP) is 6.59. The summed E-state index contributed by atoms with van der Waals surface area (Å²) in [6.45, 7) is 1.93. The molecule has 0 saturated heterocycles. The Kier molecular flexibility index (Phi) is 6.96. The number of benzene rings is 4. The normalized spacial score (nSPS) is 11.8. The standard InChI is InChI=1S/C32H25F3N4O4S/c1-17-5-7-18(8-6-17)31-29(32(40)36-2)22-14-21(26(15-28(22)43-31)38(3)44(4,41)42)19-11-25(35)30-27(12-19)39(16-37-30)20-9-10-23(33)24(34)13-20/h5-16H,1-4H3,(H,36,40). The maximum atomic E-state index is 15.6. The minimum absolute atomic E-state index is 0.0337. The molecule has 0 unspecified atom stereocenters. The maximum Gasteiger partial charge on any atom is 0.255 e. The summed E-state index contributed by atoms with van der Waals surface area (Å²) >= 11 is 0. The van der Waals surface area contributed by atoms with E-state index in [0.29, 0.717) is 10.9 Å². The van der Waals surface area contributed by atoms with Gasteiger partial charge >= 0.3 is 0 Å². The molecule has 1 N–H and O–H groups in total. The fourth-order valence-electron chi connectivity index (χ4n) is 5.13. The zero-order valence-corrected chi connectivity index (χ0v) is 24.8. The molecular formula is C32H25F3N4O4S. The van der Waals surface area contributed by atoms with Gasteiger partial charge in [-0.1, -0.05) is 29.8 Å². The fourth-order valence-corrected chi connectivity index (χ4v) is 5.64. The van der Waals surface area contributed by atoms with Crippen LogP contribution in [0.4, 0.5) is 18.9 Å². The first-order valence-corrected chi connectivity index (χ1v) is 15.2. The Bertz CT molecular complexity index is 2220. The number of aromatic nitrogens is 2. The molecular weight excluding hydrogens is 593 g/mol. The summed E-state index contributed by atoms with van der Waals surface area (Å²) in [5, 5.41) is 3.00. The minimum atomic E-state index is -3.81. The second kappa shape index (κ2) is 10.6. The predicted molar refractivity (Wildman–Crippen MR) is 163 cm³/mol. The van der Waals surface area contributed by atoms with E-state index in [2.05, 4.69) is 10.3 Å². The Hall–Kier alpha value is -5.10. The monoisotopic (exact) mass is 618 g/mol. The number of nitrogens with zero attached hydrogens (tertiary/aromatic N) is 3. The molecule has 0 fully saturated rings. The van der Waals surface area contributed by atoms with Crippen LogP contribution in [0, 0.1) is 24.4 Å². The zero-order chi connectivity index (χ0) is 31.5. The molecule has 0 spiro atoms. The van der Waals surface area contributed by atoms with Crippen molar-refractivity contribution in [3.8, 4) is 28.1 Å². The van der Waals surface area contributed by atoms with E-state index in [0.717, 1.165) is 28.3 Å². The molecule has 0 bridgehead atoms. The SMILES string of the molecule is CNC(=O)c1c(-c2ccc(C)cc2)oc2cc(N(C)S(C)(=O)=O)c(-c3cc(F)c4ncn(-c5ccc(F)c(F)c5)c4c3)cc12. The van der Waals surface area contributed by atoms with E-state index in [1.165, 1.54) is 43.2 Å². The third-order valence-corrected chi connectivity index (χ3v) is 8.70. The lowest BCUT2D eigenvalue weighted by molar-refractivity contribution is 0.0964. The molecule has 8 nitrogen and oxygen atoms in total. The summed E-state index contributed by atoms with van der Waals surface area (Å²) in [4.78, 5) is 17.3. The highest BCUT2D eigenvalue weighted by Crippen LogP contribution is 2.42. The van der Waals surface area contributed by atoms with Gasteiger partial charge in [0.25, 0.3) is 5.91 Å². The number of fused-ring (bicyclic) bond motifs is 2. The molecule has 12 heteroatoms. The number of hydrogen-bond donors (Lipinski definition) is 1. The van der Waals surface area contributed by atoms with E-state index < -0.39 is 33.4 Å². The van der Waals surface area contributed by atoms with Gasteiger partial charge < -0.3 is 9.73 Å². The number of hydrogen-bond acceptors (Lipinski definition) is 5. The van der Waals surface area contributed by atoms with Gasteiger partial charge in [-0.15, -0.1) is 0 Å². The van der Waals surface area contributed by atoms with Crippen molar-refractivity contribution in [1.29, 1.82) is 0 Å². The van der Waals surface area contributed by atoms with Gasteiger partial charge in [-0.3, -0.25) is 13.7 Å². The Morgan fingerprint density at radius 2 is 1.66 bits per heavy atom. The Morgan fingerprint density at radius 3 is 2.32 bits per heavy atom. The van der Waals surface area contributed by atoms with Crippen molar-refractivity contribution in [2.45, 2.75) is 6.92 Å². The number of rotatable bonds is 6. The van der Waals surface area contributed by atoms with E-state index in [1.54, 1.807) is 12.1 Å². The van der Waals surface area contributed by atoms with Gasteiger partial charge in [0.1, 0.15) is 23.2 Å². The van der Waals surface area contributed by atoms with Crippen LogP contribution in [0.15, 0.2) is 77.5 Å². The van der Waals surface area contributed by atoms with Gasteiger partial charge in [0, 0.05) is 42.7 Å². The number of amides is 1. The molecule has 6 rings (SSSR count). The Labute approximate surface area is 250 Å². The minimum Gasteiger partial charge on any atom is -0.455 e. The van der Waals surface area contributed by atoms with Crippen LogP contribution in [0.3, 0.4) is 0 Å². The van der Waals surface area contributed by atoms with E-state index in [1.807, 2.05) is 31.2 Å². The quantitative estimate of drug-likeness (QED) is 0.227. The highest BCUT2D eigenvalue weighted by Gasteiger charge is 2.26. The van der Waals surface area contributed by atoms with Crippen molar-refractivity contribution in [2.75, 3.05) is 24.7 Å². The first kappa shape index (κ1) is 29.0. The number of furan rings is 1. The lowest BCUT2D eigenvalue weighted by Gasteiger charge is -2.21. The van der Waals surface area contributed by atoms with Crippen molar-refractivity contribution in [3.05, 3.63) is 102 Å². The molecule has 4 aromatic carbocycles. The van der Waals surface area contributed by atoms with Gasteiger partial charge in [0.2, 0.25) is 10.0 Å². The summed E-state index contributed by atoms with van der Waals surface area (Å²) < 4.78 is 77.4. The van der Waals surface area contributed by atoms with E-state index in [9.17, 15) is 22.0 Å². The summed E-state index contributed by atoms with van der Waals surface area (Å²) in [5.41, 5.74) is 3.15. The number of carbonyl (C=O) groups is 1. The largest absolute Gasteiger partial charge is 0.455 e. The van der Waals surface area contributed by atoms with Crippen LogP contribution in [0.25, 0.3) is 50.1 Å². The lowest BCUT2D eigenvalue weighted by atomic mass is 9.97. The molecule has 6 aromatic rings. The number of aryl methyl sites for hydroxylation is 1. The second-order valence-corrected chi connectivity index (χ2v) is 12.4. The van der Waals surface area contributed by atoms with E-state index in [-0.39, 0.29) is 50.4 Å². The van der Waals surface area contributed by atoms with Crippen molar-refractivity contribution < 1.29 is 30.8 Å². The van der Waals surface area contributed by atoms with Crippen LogP contribution in [0.5, 0.6) is 0 Å². The number of sulfonamides is 1. The highest BCUT2D eigenvalue weighted by atomic mass is 32.2. The van der Waals surface area contributed by atoms with Crippen LogP contribution in [-0.4, -0.2) is 44.2 Å². The number of carbonyl (C=O) groups excluding carboxylic acids is 1. The summed E-state index contributed by atoms with van der Waals surface area (Å²) in [6.07, 6.45) is 2.31. The lowest BCUT2D eigenvalue weighted by Crippen LogP contribution is -2.25. The average Bonchev–Trinajstić information content (AvgIpc) is 3.59. The van der Waals surface area contributed by atoms with Crippen molar-refractivity contribution in [3.63, 3.8) is 0 Å². The van der Waals surface area contributed by atoms with Crippen molar-refractivity contribution in [1.82, 2.24) is 14.9 Å². The van der Waals surface area contributed by atoms with Gasteiger partial charge in [0.05, 0.1) is 28.7 Å². The maximum absolute atomic E-state index is 15.6. The van der Waals surface area contributed by atoms with Crippen molar-refractivity contribution in [2.24, 2.45) is 0 Å². The van der Waals surface area contributed by atoms with Gasteiger partial charge in [0.15, 0.2) is 17.5 Å². The molecule has 0 atom stereocenters. The number of nitrogens with one attached hydrogen (secondary N) is 1.